The van der Waals surface area contributed by atoms with E-state index in [1.807, 2.05) is 0 Å². The summed E-state index contributed by atoms with van der Waals surface area (Å²) >= 11 is 0. The van der Waals surface area contributed by atoms with E-state index in [-0.39, 0.29) is 0 Å². The Balaban J connectivity index is 1.75. The van der Waals surface area contributed by atoms with Crippen molar-refractivity contribution in [3.05, 3.63) is 0 Å². The molecule has 0 aromatic rings. The first-order valence-corrected chi connectivity index (χ1v) is 6.00. The normalized spacial score (nSPS) is 40.6. The number of hydrogen-bond acceptors (Lipinski definition) is 1. The fraction of sp³-hybridized carbons (Fsp3) is 1.00. The summed E-state index contributed by atoms with van der Waals surface area (Å²) in [6.45, 7) is 6.13. The molecular weight excluding hydrogens is 158 g/mol. The average molecular weight is 181 g/mol. The second-order valence-electron chi connectivity index (χ2n) is 5.23. The lowest BCUT2D eigenvalue weighted by Gasteiger charge is -2.34. The molecule has 0 heterocycles. The van der Waals surface area contributed by atoms with Crippen LogP contribution in [0.5, 0.6) is 0 Å². The Morgan fingerprint density at radius 2 is 1.85 bits per heavy atom. The van der Waals surface area contributed by atoms with Crippen LogP contribution in [0.4, 0.5) is 0 Å². The minimum absolute atomic E-state index is 0.823. The van der Waals surface area contributed by atoms with Gasteiger partial charge in [-0.15, -0.1) is 0 Å². The third-order valence-electron chi connectivity index (χ3n) is 4.07. The van der Waals surface area contributed by atoms with E-state index in [1.165, 1.54) is 38.6 Å². The Labute approximate surface area is 82.3 Å². The fourth-order valence-corrected chi connectivity index (χ4v) is 2.51. The summed E-state index contributed by atoms with van der Waals surface area (Å²) < 4.78 is 0. The minimum atomic E-state index is 0.823. The Kier molecular flexibility index (Phi) is 2.92. The lowest BCUT2D eigenvalue weighted by atomic mass is 9.78. The van der Waals surface area contributed by atoms with Gasteiger partial charge in [0.2, 0.25) is 0 Å². The first-order chi connectivity index (χ1) is 6.27. The fourth-order valence-electron chi connectivity index (χ4n) is 2.51. The first kappa shape index (κ1) is 9.51. The van der Waals surface area contributed by atoms with Crippen LogP contribution in [0.1, 0.15) is 46.0 Å². The molecule has 0 spiro atoms. The van der Waals surface area contributed by atoms with Crippen LogP contribution in [0.15, 0.2) is 0 Å². The molecule has 0 bridgehead atoms. The summed E-state index contributed by atoms with van der Waals surface area (Å²) in [5, 5.41) is 3.76. The van der Waals surface area contributed by atoms with Crippen LogP contribution in [-0.4, -0.2) is 12.6 Å². The molecule has 3 atom stereocenters. The highest BCUT2D eigenvalue weighted by molar-refractivity contribution is 4.84. The zero-order valence-electron chi connectivity index (χ0n) is 9.05. The maximum absolute atomic E-state index is 3.76. The van der Waals surface area contributed by atoms with E-state index in [2.05, 4.69) is 19.2 Å². The molecule has 13 heavy (non-hydrogen) atoms. The van der Waals surface area contributed by atoms with Crippen molar-refractivity contribution < 1.29 is 0 Å². The predicted octanol–water partition coefficient (Wildman–Crippen LogP) is 2.81. The molecule has 0 aromatic carbocycles. The molecule has 0 unspecified atom stereocenters. The third-order valence-corrected chi connectivity index (χ3v) is 4.07. The van der Waals surface area contributed by atoms with Crippen LogP contribution >= 0.6 is 0 Å². The van der Waals surface area contributed by atoms with Crippen molar-refractivity contribution in [2.45, 2.75) is 52.0 Å². The molecule has 2 aliphatic carbocycles. The second-order valence-corrected chi connectivity index (χ2v) is 5.23. The van der Waals surface area contributed by atoms with E-state index in [1.54, 1.807) is 0 Å². The van der Waals surface area contributed by atoms with Gasteiger partial charge in [-0.3, -0.25) is 0 Å². The summed E-state index contributed by atoms with van der Waals surface area (Å²) in [7, 11) is 0. The zero-order valence-corrected chi connectivity index (χ0v) is 9.05. The standard InChI is InChI=1S/C12H23N/c1-9-4-3-5-12(10(9)2)13-8-11-6-7-11/h9-13H,3-8H2,1-2H3/t9-,10+,12+/m1/s1. The van der Waals surface area contributed by atoms with Gasteiger partial charge in [-0.25, -0.2) is 0 Å². The van der Waals surface area contributed by atoms with Gasteiger partial charge in [0.05, 0.1) is 0 Å². The molecular formula is C12H23N. The molecule has 0 saturated heterocycles. The van der Waals surface area contributed by atoms with E-state index >= 15 is 0 Å². The highest BCUT2D eigenvalue weighted by Gasteiger charge is 2.28. The molecule has 1 heteroatoms. The Morgan fingerprint density at radius 3 is 2.54 bits per heavy atom. The summed E-state index contributed by atoms with van der Waals surface area (Å²) in [5.74, 6) is 2.86. The van der Waals surface area contributed by atoms with Crippen molar-refractivity contribution in [1.29, 1.82) is 0 Å². The van der Waals surface area contributed by atoms with Crippen LogP contribution < -0.4 is 5.32 Å². The number of nitrogens with one attached hydrogen (secondary N) is 1. The lowest BCUT2D eigenvalue weighted by molar-refractivity contribution is 0.206. The van der Waals surface area contributed by atoms with E-state index in [0.717, 1.165) is 23.8 Å². The molecule has 0 aromatic heterocycles. The van der Waals surface area contributed by atoms with Gasteiger partial charge >= 0.3 is 0 Å². The molecule has 2 saturated carbocycles. The largest absolute Gasteiger partial charge is 0.313 e. The van der Waals surface area contributed by atoms with Gasteiger partial charge in [-0.05, 0) is 43.6 Å². The Hall–Kier alpha value is -0.0400. The Morgan fingerprint density at radius 1 is 1.08 bits per heavy atom. The monoisotopic (exact) mass is 181 g/mol. The summed E-state index contributed by atoms with van der Waals surface area (Å²) in [4.78, 5) is 0. The predicted molar refractivity (Wildman–Crippen MR) is 56.7 cm³/mol. The van der Waals surface area contributed by atoms with Crippen LogP contribution in [0.2, 0.25) is 0 Å². The van der Waals surface area contributed by atoms with Crippen LogP contribution in [0, 0.1) is 17.8 Å². The van der Waals surface area contributed by atoms with E-state index in [4.69, 9.17) is 0 Å². The van der Waals surface area contributed by atoms with Crippen LogP contribution in [-0.2, 0) is 0 Å². The van der Waals surface area contributed by atoms with E-state index < -0.39 is 0 Å². The molecule has 2 rings (SSSR count). The summed E-state index contributed by atoms with van der Waals surface area (Å²) in [6.07, 6.45) is 7.25. The van der Waals surface area contributed by atoms with Crippen molar-refractivity contribution in [2.24, 2.45) is 17.8 Å². The second kappa shape index (κ2) is 4.00. The number of hydrogen-bond donors (Lipinski definition) is 1. The van der Waals surface area contributed by atoms with Gasteiger partial charge in [-0.1, -0.05) is 26.7 Å². The number of rotatable bonds is 3. The van der Waals surface area contributed by atoms with Crippen molar-refractivity contribution >= 4 is 0 Å². The van der Waals surface area contributed by atoms with Gasteiger partial charge < -0.3 is 5.32 Å². The highest BCUT2D eigenvalue weighted by Crippen LogP contribution is 2.32. The zero-order chi connectivity index (χ0) is 9.26. The molecule has 0 radical (unpaired) electrons. The van der Waals surface area contributed by atoms with Gasteiger partial charge in [0, 0.05) is 6.04 Å². The van der Waals surface area contributed by atoms with Gasteiger partial charge in [0.25, 0.3) is 0 Å². The summed E-state index contributed by atoms with van der Waals surface area (Å²) in [6, 6.07) is 0.823. The van der Waals surface area contributed by atoms with E-state index in [9.17, 15) is 0 Å². The highest BCUT2D eigenvalue weighted by atomic mass is 14.9. The van der Waals surface area contributed by atoms with Gasteiger partial charge in [0.15, 0.2) is 0 Å². The molecule has 1 nitrogen and oxygen atoms in total. The minimum Gasteiger partial charge on any atom is -0.313 e. The van der Waals surface area contributed by atoms with E-state index in [0.29, 0.717) is 0 Å². The van der Waals surface area contributed by atoms with Gasteiger partial charge in [-0.2, -0.15) is 0 Å². The maximum atomic E-state index is 3.76. The smallest absolute Gasteiger partial charge is 0.00953 e. The van der Waals surface area contributed by atoms with Crippen LogP contribution in [0.25, 0.3) is 0 Å². The molecule has 1 N–H and O–H groups in total. The SMILES string of the molecule is C[C@H]1[C@H](C)CCC[C@@H]1NCC1CC1. The maximum Gasteiger partial charge on any atom is 0.00953 e. The quantitative estimate of drug-likeness (QED) is 0.706. The Bertz CT molecular complexity index is 163. The molecule has 2 fully saturated rings. The van der Waals surface area contributed by atoms with Gasteiger partial charge in [0.1, 0.15) is 0 Å². The van der Waals surface area contributed by atoms with Crippen molar-refractivity contribution in [3.8, 4) is 0 Å². The van der Waals surface area contributed by atoms with Crippen molar-refractivity contribution in [2.75, 3.05) is 6.54 Å². The summed E-state index contributed by atoms with van der Waals surface area (Å²) in [5.41, 5.74) is 0. The molecule has 2 aliphatic rings. The van der Waals surface area contributed by atoms with Crippen LogP contribution in [0.3, 0.4) is 0 Å². The molecule has 76 valence electrons. The molecule has 0 amide bonds. The lowest BCUT2D eigenvalue weighted by Crippen LogP contribution is -2.41. The van der Waals surface area contributed by atoms with Crippen molar-refractivity contribution in [3.63, 3.8) is 0 Å². The first-order valence-electron chi connectivity index (χ1n) is 6.00. The van der Waals surface area contributed by atoms with Crippen molar-refractivity contribution in [1.82, 2.24) is 5.32 Å². The topological polar surface area (TPSA) is 12.0 Å². The third kappa shape index (κ3) is 2.46. The molecule has 0 aliphatic heterocycles. The average Bonchev–Trinajstić information content (AvgIpc) is 2.91.